The van der Waals surface area contributed by atoms with Crippen LogP contribution < -0.4 is 0 Å². The van der Waals surface area contributed by atoms with Crippen LogP contribution >= 0.6 is 11.8 Å². The zero-order chi connectivity index (χ0) is 16.1. The third-order valence-electron chi connectivity index (χ3n) is 4.34. The molecule has 0 N–H and O–H groups in total. The van der Waals surface area contributed by atoms with Gasteiger partial charge in [-0.2, -0.15) is 0 Å². The second-order valence-corrected chi connectivity index (χ2v) is 8.16. The Morgan fingerprint density at radius 1 is 1.13 bits per heavy atom. The minimum absolute atomic E-state index is 0.509. The van der Waals surface area contributed by atoms with Crippen molar-refractivity contribution in [3.63, 3.8) is 0 Å². The Kier molecular flexibility index (Phi) is 5.74. The van der Waals surface area contributed by atoms with Crippen LogP contribution in [0.5, 0.6) is 0 Å². The van der Waals surface area contributed by atoms with Gasteiger partial charge in [0.15, 0.2) is 0 Å². The highest BCUT2D eigenvalue weighted by atomic mass is 32.2. The van der Waals surface area contributed by atoms with E-state index in [2.05, 4.69) is 72.4 Å². The fourth-order valence-electron chi connectivity index (χ4n) is 3.28. The molecule has 122 valence electrons. The number of aromatic nitrogens is 1. The van der Waals surface area contributed by atoms with E-state index in [1.54, 1.807) is 0 Å². The lowest BCUT2D eigenvalue weighted by Crippen LogP contribution is -2.33. The lowest BCUT2D eigenvalue weighted by molar-refractivity contribution is 0.140. The van der Waals surface area contributed by atoms with Crippen LogP contribution in [0.4, 0.5) is 0 Å². The maximum atomic E-state index is 4.67. The number of benzene rings is 1. The summed E-state index contributed by atoms with van der Waals surface area (Å²) in [5, 5.41) is 1.71. The Balaban J connectivity index is 1.73. The molecule has 0 spiro atoms. The normalized spacial score (nSPS) is 19.2. The van der Waals surface area contributed by atoms with Crippen molar-refractivity contribution >= 4 is 11.8 Å². The minimum Gasteiger partial charge on any atom is -0.292 e. The third-order valence-corrected chi connectivity index (χ3v) is 5.30. The van der Waals surface area contributed by atoms with Gasteiger partial charge in [-0.3, -0.25) is 4.90 Å². The molecule has 0 bridgehead atoms. The smallest absolute Gasteiger partial charge is 0.0962 e. The molecule has 0 unspecified atom stereocenters. The summed E-state index contributed by atoms with van der Waals surface area (Å²) in [4.78, 5) is 7.29. The first-order valence-electron chi connectivity index (χ1n) is 8.63. The van der Waals surface area contributed by atoms with Gasteiger partial charge in [0.1, 0.15) is 0 Å². The largest absolute Gasteiger partial charge is 0.292 e. The number of piperidine rings is 1. The predicted molar refractivity (Wildman–Crippen MR) is 98.7 cm³/mol. The molecule has 1 fully saturated rings. The zero-order valence-electron chi connectivity index (χ0n) is 14.1. The summed E-state index contributed by atoms with van der Waals surface area (Å²) in [5.74, 6) is 0. The summed E-state index contributed by atoms with van der Waals surface area (Å²) in [7, 11) is 0. The van der Waals surface area contributed by atoms with Gasteiger partial charge < -0.3 is 0 Å². The van der Waals surface area contributed by atoms with Crippen molar-refractivity contribution in [1.82, 2.24) is 9.88 Å². The van der Waals surface area contributed by atoms with Gasteiger partial charge in [-0.1, -0.05) is 56.7 Å². The molecular formula is C20H26N2S. The van der Waals surface area contributed by atoms with Gasteiger partial charge >= 0.3 is 0 Å². The molecule has 3 rings (SSSR count). The average molecular weight is 327 g/mol. The number of hydrogen-bond acceptors (Lipinski definition) is 3. The first-order chi connectivity index (χ1) is 11.2. The number of pyridine rings is 1. The van der Waals surface area contributed by atoms with Crippen LogP contribution in [0.1, 0.15) is 50.3 Å². The lowest BCUT2D eigenvalue weighted by Gasteiger charge is -2.36. The molecule has 2 heterocycles. The molecule has 1 saturated heterocycles. The Morgan fingerprint density at radius 2 is 1.96 bits per heavy atom. The van der Waals surface area contributed by atoms with Crippen LogP contribution in [-0.4, -0.2) is 21.7 Å². The number of hydrogen-bond donors (Lipinski definition) is 0. The fraction of sp³-hybridized carbons (Fsp3) is 0.450. The van der Waals surface area contributed by atoms with Crippen LogP contribution in [0.2, 0.25) is 0 Å². The molecule has 1 aromatic heterocycles. The first kappa shape index (κ1) is 16.5. The molecular weight excluding hydrogens is 300 g/mol. The van der Waals surface area contributed by atoms with Crippen molar-refractivity contribution < 1.29 is 0 Å². The number of thioether (sulfide) groups is 1. The molecule has 0 radical (unpaired) electrons. The van der Waals surface area contributed by atoms with E-state index in [-0.39, 0.29) is 0 Å². The second kappa shape index (κ2) is 7.98. The molecule has 1 atom stereocenters. The topological polar surface area (TPSA) is 16.1 Å². The quantitative estimate of drug-likeness (QED) is 0.693. The molecule has 1 aromatic carbocycles. The van der Waals surface area contributed by atoms with Crippen LogP contribution in [0.25, 0.3) is 0 Å². The van der Waals surface area contributed by atoms with E-state index in [0.29, 0.717) is 11.3 Å². The maximum Gasteiger partial charge on any atom is 0.0962 e. The van der Waals surface area contributed by atoms with E-state index in [1.807, 2.05) is 11.8 Å². The molecule has 1 aliphatic heterocycles. The summed E-state index contributed by atoms with van der Waals surface area (Å²) >= 11 is 1.83. The predicted octanol–water partition coefficient (Wildman–Crippen LogP) is 5.31. The van der Waals surface area contributed by atoms with Crippen LogP contribution in [0.3, 0.4) is 0 Å². The van der Waals surface area contributed by atoms with Crippen molar-refractivity contribution in [1.29, 1.82) is 0 Å². The Morgan fingerprint density at radius 3 is 2.65 bits per heavy atom. The van der Waals surface area contributed by atoms with Crippen molar-refractivity contribution in [2.24, 2.45) is 0 Å². The fourth-order valence-corrected chi connectivity index (χ4v) is 4.02. The monoisotopic (exact) mass is 326 g/mol. The Labute approximate surface area is 144 Å². The highest BCUT2D eigenvalue weighted by Gasteiger charge is 2.24. The van der Waals surface area contributed by atoms with Gasteiger partial charge in [0, 0.05) is 24.0 Å². The molecule has 2 nitrogen and oxygen atoms in total. The molecule has 1 aliphatic rings. The SMILES string of the molecule is CC(C)Sc1ccc([C@@H]2CCCCN2Cc2ccccc2)cn1. The number of nitrogens with zero attached hydrogens (tertiary/aromatic N) is 2. The van der Waals surface area contributed by atoms with Crippen molar-refractivity contribution in [2.75, 3.05) is 6.54 Å². The summed E-state index contributed by atoms with van der Waals surface area (Å²) in [6.45, 7) is 6.64. The average Bonchev–Trinajstić information content (AvgIpc) is 2.57. The molecule has 0 amide bonds. The van der Waals surface area contributed by atoms with E-state index < -0.39 is 0 Å². The van der Waals surface area contributed by atoms with Gasteiger partial charge in [0.2, 0.25) is 0 Å². The van der Waals surface area contributed by atoms with Crippen molar-refractivity contribution in [2.45, 2.75) is 56.0 Å². The Bertz CT molecular complexity index is 595. The van der Waals surface area contributed by atoms with Crippen LogP contribution in [0.15, 0.2) is 53.7 Å². The van der Waals surface area contributed by atoms with Crippen LogP contribution in [-0.2, 0) is 6.54 Å². The van der Waals surface area contributed by atoms with Gasteiger partial charge in [-0.05, 0) is 36.6 Å². The van der Waals surface area contributed by atoms with Gasteiger partial charge in [0.05, 0.1) is 5.03 Å². The number of rotatable bonds is 5. The highest BCUT2D eigenvalue weighted by Crippen LogP contribution is 2.32. The minimum atomic E-state index is 0.509. The number of likely N-dealkylation sites (tertiary alicyclic amines) is 1. The molecule has 3 heteroatoms. The molecule has 2 aromatic rings. The van der Waals surface area contributed by atoms with Gasteiger partial charge in [0.25, 0.3) is 0 Å². The van der Waals surface area contributed by atoms with Gasteiger partial charge in [-0.25, -0.2) is 4.98 Å². The van der Waals surface area contributed by atoms with E-state index in [4.69, 9.17) is 0 Å². The highest BCUT2D eigenvalue weighted by molar-refractivity contribution is 7.99. The molecule has 0 aliphatic carbocycles. The van der Waals surface area contributed by atoms with E-state index in [0.717, 1.165) is 11.6 Å². The summed E-state index contributed by atoms with van der Waals surface area (Å²) in [5.41, 5.74) is 2.77. The van der Waals surface area contributed by atoms with Crippen molar-refractivity contribution in [3.05, 3.63) is 59.8 Å². The maximum absolute atomic E-state index is 4.67. The molecule has 0 saturated carbocycles. The molecule has 23 heavy (non-hydrogen) atoms. The van der Waals surface area contributed by atoms with E-state index in [1.165, 1.54) is 36.9 Å². The Hall–Kier alpha value is -1.32. The van der Waals surface area contributed by atoms with Gasteiger partial charge in [-0.15, -0.1) is 11.8 Å². The summed E-state index contributed by atoms with van der Waals surface area (Å²) < 4.78 is 0. The summed E-state index contributed by atoms with van der Waals surface area (Å²) in [6.07, 6.45) is 5.96. The first-order valence-corrected chi connectivity index (χ1v) is 9.51. The van der Waals surface area contributed by atoms with Crippen molar-refractivity contribution in [3.8, 4) is 0 Å². The second-order valence-electron chi connectivity index (χ2n) is 6.56. The third kappa shape index (κ3) is 4.58. The lowest BCUT2D eigenvalue weighted by atomic mass is 9.96. The standard InChI is InChI=1S/C20H26N2S/c1-16(2)23-20-12-11-18(14-21-20)19-10-6-7-13-22(19)15-17-8-4-3-5-9-17/h3-5,8-9,11-12,14,16,19H,6-7,10,13,15H2,1-2H3/t19-/m0/s1. The zero-order valence-corrected chi connectivity index (χ0v) is 14.9. The van der Waals surface area contributed by atoms with Crippen LogP contribution in [0, 0.1) is 0 Å². The van der Waals surface area contributed by atoms with E-state index >= 15 is 0 Å². The summed E-state index contributed by atoms with van der Waals surface area (Å²) in [6, 6.07) is 15.8. The van der Waals surface area contributed by atoms with E-state index in [9.17, 15) is 0 Å².